The molecular formula is C16H20N4O2. The number of ether oxygens (including phenoxy) is 1. The Hall–Kier alpha value is -2.21. The van der Waals surface area contributed by atoms with Gasteiger partial charge in [-0.3, -0.25) is 9.89 Å². The first-order valence-corrected chi connectivity index (χ1v) is 7.52. The van der Waals surface area contributed by atoms with Crippen molar-refractivity contribution in [2.45, 2.75) is 18.8 Å². The van der Waals surface area contributed by atoms with Crippen molar-refractivity contribution < 1.29 is 9.53 Å². The summed E-state index contributed by atoms with van der Waals surface area (Å²) < 4.78 is 4.93. The monoisotopic (exact) mass is 300 g/mol. The zero-order chi connectivity index (χ0) is 15.4. The largest absolute Gasteiger partial charge is 0.375 e. The van der Waals surface area contributed by atoms with Crippen LogP contribution in [0.3, 0.4) is 0 Å². The number of piperidine rings is 1. The van der Waals surface area contributed by atoms with Crippen LogP contribution in [0.5, 0.6) is 0 Å². The molecule has 1 fully saturated rings. The van der Waals surface area contributed by atoms with Crippen LogP contribution in [0.25, 0.3) is 11.4 Å². The molecular weight excluding hydrogens is 280 g/mol. The van der Waals surface area contributed by atoms with Gasteiger partial charge in [-0.25, -0.2) is 4.98 Å². The molecule has 1 unspecified atom stereocenters. The number of amides is 1. The van der Waals surface area contributed by atoms with Gasteiger partial charge in [-0.05, 0) is 12.8 Å². The molecule has 1 aromatic carbocycles. The van der Waals surface area contributed by atoms with Crippen LogP contribution in [-0.2, 0) is 9.53 Å². The topological polar surface area (TPSA) is 71.1 Å². The second-order valence-corrected chi connectivity index (χ2v) is 5.52. The first kappa shape index (κ1) is 14.7. The molecule has 1 aliphatic heterocycles. The van der Waals surface area contributed by atoms with E-state index < -0.39 is 0 Å². The van der Waals surface area contributed by atoms with Gasteiger partial charge in [-0.1, -0.05) is 30.3 Å². The van der Waals surface area contributed by atoms with E-state index >= 15 is 0 Å². The van der Waals surface area contributed by atoms with Crippen molar-refractivity contribution in [3.8, 4) is 11.4 Å². The lowest BCUT2D eigenvalue weighted by Crippen LogP contribution is -2.41. The molecule has 6 nitrogen and oxygen atoms in total. The Morgan fingerprint density at radius 1 is 1.41 bits per heavy atom. The van der Waals surface area contributed by atoms with Gasteiger partial charge < -0.3 is 9.64 Å². The van der Waals surface area contributed by atoms with Crippen LogP contribution in [0.1, 0.15) is 24.6 Å². The number of nitrogens with zero attached hydrogens (tertiary/aromatic N) is 3. The number of hydrogen-bond donors (Lipinski definition) is 1. The van der Waals surface area contributed by atoms with Crippen LogP contribution in [0, 0.1) is 0 Å². The van der Waals surface area contributed by atoms with E-state index in [1.165, 1.54) is 0 Å². The molecule has 116 valence electrons. The van der Waals surface area contributed by atoms with Crippen molar-refractivity contribution in [2.75, 3.05) is 26.8 Å². The van der Waals surface area contributed by atoms with Crippen LogP contribution in [-0.4, -0.2) is 52.8 Å². The van der Waals surface area contributed by atoms with Gasteiger partial charge in [-0.15, -0.1) is 0 Å². The predicted molar refractivity (Wildman–Crippen MR) is 82.2 cm³/mol. The summed E-state index contributed by atoms with van der Waals surface area (Å²) in [6.07, 6.45) is 1.99. The maximum absolute atomic E-state index is 12.0. The van der Waals surface area contributed by atoms with Gasteiger partial charge in [0.2, 0.25) is 5.91 Å². The van der Waals surface area contributed by atoms with Gasteiger partial charge >= 0.3 is 0 Å². The Kier molecular flexibility index (Phi) is 4.48. The van der Waals surface area contributed by atoms with Gasteiger partial charge in [0.25, 0.3) is 0 Å². The summed E-state index contributed by atoms with van der Waals surface area (Å²) in [7, 11) is 1.54. The number of hydrogen-bond acceptors (Lipinski definition) is 4. The summed E-state index contributed by atoms with van der Waals surface area (Å²) in [6.45, 7) is 1.60. The van der Waals surface area contributed by atoms with Crippen molar-refractivity contribution in [3.05, 3.63) is 36.2 Å². The summed E-state index contributed by atoms with van der Waals surface area (Å²) in [5.74, 6) is 1.80. The Balaban J connectivity index is 1.72. The fourth-order valence-electron chi connectivity index (χ4n) is 2.81. The maximum atomic E-state index is 12.0. The van der Waals surface area contributed by atoms with Crippen molar-refractivity contribution in [2.24, 2.45) is 0 Å². The third-order valence-corrected chi connectivity index (χ3v) is 3.96. The van der Waals surface area contributed by atoms with E-state index in [1.54, 1.807) is 7.11 Å². The molecule has 22 heavy (non-hydrogen) atoms. The minimum Gasteiger partial charge on any atom is -0.375 e. The standard InChI is InChI=1S/C16H20N4O2/c1-22-11-14(21)20-9-5-8-13(10-20)16-17-15(18-19-16)12-6-3-2-4-7-12/h2-4,6-7,13H,5,8-11H2,1H3,(H,17,18,19). The van der Waals surface area contributed by atoms with Gasteiger partial charge in [0.05, 0.1) is 0 Å². The third-order valence-electron chi connectivity index (χ3n) is 3.96. The molecule has 6 heteroatoms. The number of nitrogens with one attached hydrogen (secondary N) is 1. The third kappa shape index (κ3) is 3.17. The van der Waals surface area contributed by atoms with E-state index in [9.17, 15) is 4.79 Å². The first-order chi connectivity index (χ1) is 10.8. The molecule has 1 amide bonds. The molecule has 2 heterocycles. The number of H-pyrrole nitrogens is 1. The van der Waals surface area contributed by atoms with Crippen molar-refractivity contribution >= 4 is 5.91 Å². The second-order valence-electron chi connectivity index (χ2n) is 5.52. The predicted octanol–water partition coefficient (Wildman–Crippen LogP) is 1.82. The lowest BCUT2D eigenvalue weighted by atomic mass is 9.97. The van der Waals surface area contributed by atoms with Crippen LogP contribution in [0.4, 0.5) is 0 Å². The number of aromatic amines is 1. The number of carbonyl (C=O) groups excluding carboxylic acids is 1. The van der Waals surface area contributed by atoms with E-state index in [0.29, 0.717) is 12.4 Å². The van der Waals surface area contributed by atoms with Crippen LogP contribution >= 0.6 is 0 Å². The molecule has 1 atom stereocenters. The summed E-state index contributed by atoms with van der Waals surface area (Å²) >= 11 is 0. The molecule has 1 aliphatic rings. The van der Waals surface area contributed by atoms with E-state index in [1.807, 2.05) is 35.2 Å². The van der Waals surface area contributed by atoms with E-state index in [-0.39, 0.29) is 18.4 Å². The molecule has 0 aliphatic carbocycles. The average Bonchev–Trinajstić information content (AvgIpc) is 3.06. The molecule has 1 saturated heterocycles. The first-order valence-electron chi connectivity index (χ1n) is 7.52. The highest BCUT2D eigenvalue weighted by Gasteiger charge is 2.26. The fourth-order valence-corrected chi connectivity index (χ4v) is 2.81. The highest BCUT2D eigenvalue weighted by atomic mass is 16.5. The Labute approximate surface area is 129 Å². The van der Waals surface area contributed by atoms with E-state index in [2.05, 4.69) is 15.2 Å². The van der Waals surface area contributed by atoms with Gasteiger partial charge in [0, 0.05) is 31.7 Å². The minimum atomic E-state index is 0.0370. The second kappa shape index (κ2) is 6.70. The van der Waals surface area contributed by atoms with Gasteiger partial charge in [0.1, 0.15) is 12.4 Å². The lowest BCUT2D eigenvalue weighted by molar-refractivity contribution is -0.136. The summed E-state index contributed by atoms with van der Waals surface area (Å²) in [5, 5.41) is 7.34. The number of methoxy groups -OCH3 is 1. The number of aromatic nitrogens is 3. The van der Waals surface area contributed by atoms with Crippen molar-refractivity contribution in [1.29, 1.82) is 0 Å². The summed E-state index contributed by atoms with van der Waals surface area (Å²) in [6, 6.07) is 9.89. The molecule has 0 spiro atoms. The molecule has 0 bridgehead atoms. The molecule has 3 rings (SSSR count). The molecule has 2 aromatic rings. The SMILES string of the molecule is COCC(=O)N1CCCC(c2nc(-c3ccccc3)n[nH]2)C1. The summed E-state index contributed by atoms with van der Waals surface area (Å²) in [4.78, 5) is 18.4. The van der Waals surface area contributed by atoms with E-state index in [4.69, 9.17) is 4.74 Å². The molecule has 0 saturated carbocycles. The van der Waals surface area contributed by atoms with Crippen molar-refractivity contribution in [3.63, 3.8) is 0 Å². The van der Waals surface area contributed by atoms with Gasteiger partial charge in [-0.2, -0.15) is 5.10 Å². The maximum Gasteiger partial charge on any atom is 0.248 e. The lowest BCUT2D eigenvalue weighted by Gasteiger charge is -2.31. The zero-order valence-electron chi connectivity index (χ0n) is 12.7. The number of benzene rings is 1. The normalized spacial score (nSPS) is 18.4. The number of rotatable bonds is 4. The van der Waals surface area contributed by atoms with Crippen LogP contribution in [0.15, 0.2) is 30.3 Å². The summed E-state index contributed by atoms with van der Waals surface area (Å²) in [5.41, 5.74) is 0.994. The Morgan fingerprint density at radius 3 is 3.00 bits per heavy atom. The fraction of sp³-hybridized carbons (Fsp3) is 0.438. The number of carbonyl (C=O) groups is 1. The highest BCUT2D eigenvalue weighted by Crippen LogP contribution is 2.26. The number of likely N-dealkylation sites (tertiary alicyclic amines) is 1. The van der Waals surface area contributed by atoms with Gasteiger partial charge in [0.15, 0.2) is 5.82 Å². The highest BCUT2D eigenvalue weighted by molar-refractivity contribution is 5.77. The molecule has 1 N–H and O–H groups in total. The van der Waals surface area contributed by atoms with Crippen molar-refractivity contribution in [1.82, 2.24) is 20.1 Å². The Morgan fingerprint density at radius 2 is 2.23 bits per heavy atom. The molecule has 1 aromatic heterocycles. The zero-order valence-corrected chi connectivity index (χ0v) is 12.7. The van der Waals surface area contributed by atoms with Crippen LogP contribution < -0.4 is 0 Å². The minimum absolute atomic E-state index is 0.0370. The quantitative estimate of drug-likeness (QED) is 0.935. The Bertz CT molecular complexity index is 626. The smallest absolute Gasteiger partial charge is 0.248 e. The average molecular weight is 300 g/mol. The van der Waals surface area contributed by atoms with E-state index in [0.717, 1.165) is 30.8 Å². The molecule has 0 radical (unpaired) electrons. The van der Waals surface area contributed by atoms with Crippen LogP contribution in [0.2, 0.25) is 0 Å².